The molecule has 492 valence electrons. The third-order valence-corrected chi connectivity index (χ3v) is 16.7. The number of aliphatic hydroxyl groups is 1. The molecule has 0 aliphatic carbocycles. The Kier molecular flexibility index (Phi) is 56.4. The molecule has 0 radical (unpaired) electrons. The highest BCUT2D eigenvalue weighted by molar-refractivity contribution is 7.47. The van der Waals surface area contributed by atoms with Gasteiger partial charge in [-0.05, 0) is 31.6 Å². The van der Waals surface area contributed by atoms with Crippen molar-refractivity contribution in [2.75, 3.05) is 39.6 Å². The molecule has 5 atom stereocenters. The molecule has 0 saturated heterocycles. The summed E-state index contributed by atoms with van der Waals surface area (Å²) in [4.78, 5) is 72.0. The summed E-state index contributed by atoms with van der Waals surface area (Å²) < 4.78 is 67.8. The molecule has 17 nitrogen and oxygen atoms in total. The van der Waals surface area contributed by atoms with Gasteiger partial charge < -0.3 is 33.8 Å². The lowest BCUT2D eigenvalue weighted by Crippen LogP contribution is -2.30. The number of phosphoric ester groups is 2. The van der Waals surface area contributed by atoms with Crippen LogP contribution in [-0.2, 0) is 65.4 Å². The van der Waals surface area contributed by atoms with E-state index in [9.17, 15) is 43.2 Å². The molecule has 0 heterocycles. The Morgan fingerprint density at radius 3 is 0.819 bits per heavy atom. The van der Waals surface area contributed by atoms with Crippen LogP contribution in [0, 0.1) is 5.92 Å². The summed E-state index contributed by atoms with van der Waals surface area (Å²) in [6.07, 6.45) is 41.9. The average Bonchev–Trinajstić information content (AvgIpc) is 3.47. The maximum atomic E-state index is 13.0. The molecule has 0 aromatic carbocycles. The fourth-order valence-corrected chi connectivity index (χ4v) is 11.2. The molecule has 19 heteroatoms. The summed E-state index contributed by atoms with van der Waals surface area (Å²) in [6, 6.07) is 0. The van der Waals surface area contributed by atoms with Crippen molar-refractivity contribution >= 4 is 39.5 Å². The molecule has 0 amide bonds. The van der Waals surface area contributed by atoms with Crippen molar-refractivity contribution in [3.63, 3.8) is 0 Å². The number of ether oxygens (including phenoxy) is 4. The number of aliphatic hydroxyl groups excluding tert-OH is 1. The number of carbonyl (C=O) groups is 4. The van der Waals surface area contributed by atoms with Crippen LogP contribution in [0.2, 0.25) is 0 Å². The molecule has 0 fully saturated rings. The van der Waals surface area contributed by atoms with Crippen molar-refractivity contribution in [3.05, 3.63) is 0 Å². The monoisotopic (exact) mass is 1230 g/mol. The summed E-state index contributed by atoms with van der Waals surface area (Å²) in [5, 5.41) is 10.5. The lowest BCUT2D eigenvalue weighted by Gasteiger charge is -2.21. The molecule has 0 aromatic rings. The van der Waals surface area contributed by atoms with E-state index < -0.39 is 97.5 Å². The number of phosphoric acid groups is 2. The van der Waals surface area contributed by atoms with Gasteiger partial charge >= 0.3 is 39.5 Å². The van der Waals surface area contributed by atoms with Gasteiger partial charge in [-0.1, -0.05) is 272 Å². The minimum atomic E-state index is -4.94. The lowest BCUT2D eigenvalue weighted by atomic mass is 10.0. The van der Waals surface area contributed by atoms with Crippen LogP contribution in [0.3, 0.4) is 0 Å². The second-order valence-electron chi connectivity index (χ2n) is 23.6. The predicted octanol–water partition coefficient (Wildman–Crippen LogP) is 17.8. The summed E-state index contributed by atoms with van der Waals surface area (Å²) in [6.45, 7) is 7.11. The highest BCUT2D eigenvalue weighted by atomic mass is 31.2. The molecule has 0 aromatic heterocycles. The molecule has 2 unspecified atom stereocenters. The van der Waals surface area contributed by atoms with Gasteiger partial charge in [0, 0.05) is 25.7 Å². The SMILES string of the molecule is CCCCCCCCCCCCCCCCCCC(=O)O[C@H](COC(=O)CCCCCCCCCCCCC(C)C)COP(=O)(O)OC[C@@H](O)COP(=O)(O)OC[C@@H](COC(=O)CCCCCCCCC)OC(=O)CCCCCCCCC. The number of unbranched alkanes of at least 4 members (excludes halogenated alkanes) is 36. The van der Waals surface area contributed by atoms with E-state index in [1.165, 1.54) is 122 Å². The van der Waals surface area contributed by atoms with Gasteiger partial charge in [-0.15, -0.1) is 0 Å². The molecule has 3 N–H and O–H groups in total. The van der Waals surface area contributed by atoms with Crippen LogP contribution in [0.1, 0.15) is 324 Å². The third kappa shape index (κ3) is 58.8. The van der Waals surface area contributed by atoms with Crippen LogP contribution < -0.4 is 0 Å². The number of hydrogen-bond donors (Lipinski definition) is 3. The molecule has 83 heavy (non-hydrogen) atoms. The molecular formula is C64H124O17P2. The zero-order valence-electron chi connectivity index (χ0n) is 53.3. The molecule has 0 aliphatic heterocycles. The minimum Gasteiger partial charge on any atom is -0.462 e. The smallest absolute Gasteiger partial charge is 0.462 e. The van der Waals surface area contributed by atoms with E-state index in [4.69, 9.17) is 37.0 Å². The first-order valence-electron chi connectivity index (χ1n) is 33.6. The van der Waals surface area contributed by atoms with Gasteiger partial charge in [0.25, 0.3) is 0 Å². The molecular weight excluding hydrogens is 1100 g/mol. The van der Waals surface area contributed by atoms with Crippen LogP contribution in [-0.4, -0.2) is 96.7 Å². The minimum absolute atomic E-state index is 0.103. The van der Waals surface area contributed by atoms with Crippen molar-refractivity contribution < 1.29 is 80.2 Å². The van der Waals surface area contributed by atoms with Crippen LogP contribution in [0.15, 0.2) is 0 Å². The van der Waals surface area contributed by atoms with E-state index in [2.05, 4.69) is 34.6 Å². The number of rotatable bonds is 64. The van der Waals surface area contributed by atoms with Gasteiger partial charge in [-0.3, -0.25) is 37.3 Å². The topological polar surface area (TPSA) is 237 Å². The largest absolute Gasteiger partial charge is 0.472 e. The Morgan fingerprint density at radius 2 is 0.554 bits per heavy atom. The molecule has 0 rings (SSSR count). The molecule has 0 bridgehead atoms. The normalized spacial score (nSPS) is 14.2. The number of carbonyl (C=O) groups excluding carboxylic acids is 4. The third-order valence-electron chi connectivity index (χ3n) is 14.8. The highest BCUT2D eigenvalue weighted by Gasteiger charge is 2.30. The summed E-state index contributed by atoms with van der Waals surface area (Å²) in [5.41, 5.74) is 0. The number of esters is 4. The Bertz CT molecular complexity index is 1620. The van der Waals surface area contributed by atoms with Crippen molar-refractivity contribution in [2.45, 2.75) is 342 Å². The Labute approximate surface area is 505 Å². The van der Waals surface area contributed by atoms with Gasteiger partial charge in [0.2, 0.25) is 0 Å². The van der Waals surface area contributed by atoms with Crippen LogP contribution >= 0.6 is 15.6 Å². The second-order valence-corrected chi connectivity index (χ2v) is 26.5. The van der Waals surface area contributed by atoms with Crippen LogP contribution in [0.4, 0.5) is 0 Å². The molecule has 0 saturated carbocycles. The van der Waals surface area contributed by atoms with Gasteiger partial charge in [0.1, 0.15) is 19.3 Å². The number of hydrogen-bond acceptors (Lipinski definition) is 15. The van der Waals surface area contributed by atoms with Crippen molar-refractivity contribution in [3.8, 4) is 0 Å². The van der Waals surface area contributed by atoms with Gasteiger partial charge in [0.05, 0.1) is 26.4 Å². The Morgan fingerprint density at radius 1 is 0.325 bits per heavy atom. The first-order chi connectivity index (χ1) is 40.0. The predicted molar refractivity (Wildman–Crippen MR) is 331 cm³/mol. The van der Waals surface area contributed by atoms with Crippen molar-refractivity contribution in [1.82, 2.24) is 0 Å². The summed E-state index contributed by atoms with van der Waals surface area (Å²) in [7, 11) is -9.88. The van der Waals surface area contributed by atoms with Gasteiger partial charge in [-0.25, -0.2) is 9.13 Å². The van der Waals surface area contributed by atoms with E-state index in [0.717, 1.165) is 121 Å². The van der Waals surface area contributed by atoms with E-state index in [1.54, 1.807) is 0 Å². The van der Waals surface area contributed by atoms with Crippen LogP contribution in [0.25, 0.3) is 0 Å². The first-order valence-corrected chi connectivity index (χ1v) is 36.6. The van der Waals surface area contributed by atoms with E-state index >= 15 is 0 Å². The molecule has 0 aliphatic rings. The summed E-state index contributed by atoms with van der Waals surface area (Å²) in [5.74, 6) is -1.38. The van der Waals surface area contributed by atoms with E-state index in [-0.39, 0.29) is 25.7 Å². The van der Waals surface area contributed by atoms with Crippen molar-refractivity contribution in [1.29, 1.82) is 0 Å². The first kappa shape index (κ1) is 81.1. The van der Waals surface area contributed by atoms with Crippen molar-refractivity contribution in [2.24, 2.45) is 5.92 Å². The lowest BCUT2D eigenvalue weighted by molar-refractivity contribution is -0.161. The van der Waals surface area contributed by atoms with Gasteiger partial charge in [-0.2, -0.15) is 0 Å². The maximum Gasteiger partial charge on any atom is 0.472 e. The quantitative estimate of drug-likeness (QED) is 0.0222. The molecule has 0 spiro atoms. The maximum absolute atomic E-state index is 13.0. The summed E-state index contributed by atoms with van der Waals surface area (Å²) >= 11 is 0. The fraction of sp³-hybridized carbons (Fsp3) is 0.938. The van der Waals surface area contributed by atoms with Crippen LogP contribution in [0.5, 0.6) is 0 Å². The van der Waals surface area contributed by atoms with E-state index in [1.807, 2.05) is 0 Å². The average molecular weight is 1230 g/mol. The standard InChI is InChI=1S/C64H124O17P2/c1-6-9-12-15-18-19-20-21-22-23-24-25-30-35-40-45-50-64(69)81-60(54-75-62(67)48-43-38-34-29-27-26-28-33-36-41-46-57(4)5)56-79-83(72,73)77-52-58(65)51-76-82(70,71)78-55-59(80-63(68)49-44-39-32-17-14-11-8-3)53-74-61(66)47-42-37-31-16-13-10-7-2/h57-60,65H,6-56H2,1-5H3,(H,70,71)(H,72,73)/t58-,59+,60+/m0/s1. The Balaban J connectivity index is 5.17. The highest BCUT2D eigenvalue weighted by Crippen LogP contribution is 2.45. The zero-order valence-corrected chi connectivity index (χ0v) is 55.1. The zero-order chi connectivity index (χ0) is 61.3. The van der Waals surface area contributed by atoms with E-state index in [0.29, 0.717) is 25.7 Å². The fourth-order valence-electron chi connectivity index (χ4n) is 9.58. The second kappa shape index (κ2) is 57.8. The Hall–Kier alpha value is -1.94. The van der Waals surface area contributed by atoms with Gasteiger partial charge in [0.15, 0.2) is 12.2 Å².